The van der Waals surface area contributed by atoms with E-state index in [1.165, 1.54) is 4.88 Å². The van der Waals surface area contributed by atoms with Crippen molar-refractivity contribution in [1.82, 2.24) is 5.32 Å². The SMILES string of the molecule is OC1(CNCc2cc(Cl)cs2)CCCC1. The first-order chi connectivity index (χ1) is 7.18. The molecular weight excluding hydrogens is 230 g/mol. The van der Waals surface area contributed by atoms with E-state index in [1.807, 2.05) is 11.4 Å². The van der Waals surface area contributed by atoms with Crippen molar-refractivity contribution in [3.8, 4) is 0 Å². The monoisotopic (exact) mass is 245 g/mol. The van der Waals surface area contributed by atoms with Gasteiger partial charge >= 0.3 is 0 Å². The predicted octanol–water partition coefficient (Wildman–Crippen LogP) is 2.80. The summed E-state index contributed by atoms with van der Waals surface area (Å²) in [5.74, 6) is 0. The maximum atomic E-state index is 10.1. The van der Waals surface area contributed by atoms with Crippen LogP contribution in [0.1, 0.15) is 30.6 Å². The van der Waals surface area contributed by atoms with Gasteiger partial charge in [0.25, 0.3) is 0 Å². The Kier molecular flexibility index (Phi) is 3.67. The summed E-state index contributed by atoms with van der Waals surface area (Å²) in [6, 6.07) is 1.97. The van der Waals surface area contributed by atoms with Crippen LogP contribution in [0.25, 0.3) is 0 Å². The van der Waals surface area contributed by atoms with E-state index in [9.17, 15) is 5.11 Å². The summed E-state index contributed by atoms with van der Waals surface area (Å²) in [6.45, 7) is 1.50. The molecule has 1 fully saturated rings. The van der Waals surface area contributed by atoms with Gasteiger partial charge in [-0.2, -0.15) is 0 Å². The topological polar surface area (TPSA) is 32.3 Å². The number of halogens is 1. The summed E-state index contributed by atoms with van der Waals surface area (Å²) in [5, 5.41) is 16.1. The zero-order valence-corrected chi connectivity index (χ0v) is 10.2. The molecule has 0 bridgehead atoms. The van der Waals surface area contributed by atoms with Crippen LogP contribution >= 0.6 is 22.9 Å². The summed E-state index contributed by atoms with van der Waals surface area (Å²) in [7, 11) is 0. The quantitative estimate of drug-likeness (QED) is 0.855. The lowest BCUT2D eigenvalue weighted by Crippen LogP contribution is -2.37. The molecule has 1 aromatic rings. The Hall–Kier alpha value is -0.0900. The van der Waals surface area contributed by atoms with Crippen LogP contribution in [0.3, 0.4) is 0 Å². The highest BCUT2D eigenvalue weighted by Gasteiger charge is 2.30. The van der Waals surface area contributed by atoms with E-state index >= 15 is 0 Å². The van der Waals surface area contributed by atoms with Crippen LogP contribution in [-0.4, -0.2) is 17.3 Å². The molecule has 1 saturated carbocycles. The normalized spacial score (nSPS) is 19.6. The van der Waals surface area contributed by atoms with Gasteiger partial charge in [-0.05, 0) is 18.9 Å². The van der Waals surface area contributed by atoms with Gasteiger partial charge in [-0.15, -0.1) is 11.3 Å². The van der Waals surface area contributed by atoms with Gasteiger partial charge in [-0.3, -0.25) is 0 Å². The molecule has 15 heavy (non-hydrogen) atoms. The largest absolute Gasteiger partial charge is 0.389 e. The van der Waals surface area contributed by atoms with Gasteiger partial charge in [0, 0.05) is 23.3 Å². The fraction of sp³-hybridized carbons (Fsp3) is 0.636. The third-order valence-corrected chi connectivity index (χ3v) is 4.19. The van der Waals surface area contributed by atoms with E-state index < -0.39 is 5.60 Å². The van der Waals surface area contributed by atoms with Crippen LogP contribution < -0.4 is 5.32 Å². The third-order valence-electron chi connectivity index (χ3n) is 2.91. The summed E-state index contributed by atoms with van der Waals surface area (Å²) in [4.78, 5) is 1.22. The van der Waals surface area contributed by atoms with E-state index in [-0.39, 0.29) is 0 Å². The van der Waals surface area contributed by atoms with Gasteiger partial charge in [0.15, 0.2) is 0 Å². The zero-order chi connectivity index (χ0) is 10.7. The number of rotatable bonds is 4. The van der Waals surface area contributed by atoms with Gasteiger partial charge in [-0.25, -0.2) is 0 Å². The van der Waals surface area contributed by atoms with Gasteiger partial charge in [0.1, 0.15) is 0 Å². The molecule has 0 amide bonds. The Morgan fingerprint density at radius 2 is 2.20 bits per heavy atom. The van der Waals surface area contributed by atoms with Gasteiger partial charge in [0.2, 0.25) is 0 Å². The minimum atomic E-state index is -0.457. The summed E-state index contributed by atoms with van der Waals surface area (Å²) in [6.07, 6.45) is 4.18. The van der Waals surface area contributed by atoms with E-state index in [4.69, 9.17) is 11.6 Å². The lowest BCUT2D eigenvalue weighted by Gasteiger charge is -2.22. The zero-order valence-electron chi connectivity index (χ0n) is 8.63. The number of thiophene rings is 1. The van der Waals surface area contributed by atoms with Crippen molar-refractivity contribution in [1.29, 1.82) is 0 Å². The molecule has 2 N–H and O–H groups in total. The Labute approximate surface area is 99.3 Å². The first-order valence-electron chi connectivity index (χ1n) is 5.34. The molecule has 0 aromatic carbocycles. The van der Waals surface area contributed by atoms with Gasteiger partial charge in [0.05, 0.1) is 10.6 Å². The van der Waals surface area contributed by atoms with E-state index in [0.29, 0.717) is 6.54 Å². The molecule has 0 atom stereocenters. The van der Waals surface area contributed by atoms with Crippen molar-refractivity contribution in [2.75, 3.05) is 6.54 Å². The lowest BCUT2D eigenvalue weighted by atomic mass is 10.0. The van der Waals surface area contributed by atoms with Crippen molar-refractivity contribution in [3.63, 3.8) is 0 Å². The molecular formula is C11H16ClNOS. The van der Waals surface area contributed by atoms with E-state index in [0.717, 1.165) is 37.3 Å². The fourth-order valence-electron chi connectivity index (χ4n) is 2.07. The molecule has 1 aliphatic carbocycles. The minimum Gasteiger partial charge on any atom is -0.389 e. The fourth-order valence-corrected chi connectivity index (χ4v) is 3.12. The van der Waals surface area contributed by atoms with Crippen molar-refractivity contribution < 1.29 is 5.11 Å². The number of hydrogen-bond donors (Lipinski definition) is 2. The average molecular weight is 246 g/mol. The highest BCUT2D eigenvalue weighted by Crippen LogP contribution is 2.28. The highest BCUT2D eigenvalue weighted by atomic mass is 35.5. The molecule has 1 heterocycles. The van der Waals surface area contributed by atoms with E-state index in [1.54, 1.807) is 11.3 Å². The molecule has 2 rings (SSSR count). The van der Waals surface area contributed by atoms with Crippen molar-refractivity contribution >= 4 is 22.9 Å². The van der Waals surface area contributed by atoms with Crippen LogP contribution in [-0.2, 0) is 6.54 Å². The molecule has 0 saturated heterocycles. The average Bonchev–Trinajstić information content (AvgIpc) is 2.76. The molecule has 0 aliphatic heterocycles. The van der Waals surface area contributed by atoms with Gasteiger partial charge in [-0.1, -0.05) is 24.4 Å². The molecule has 4 heteroatoms. The van der Waals surface area contributed by atoms with Gasteiger partial charge < -0.3 is 10.4 Å². The number of hydrogen-bond acceptors (Lipinski definition) is 3. The molecule has 1 aliphatic rings. The van der Waals surface area contributed by atoms with Crippen LogP contribution in [0.2, 0.25) is 5.02 Å². The summed E-state index contributed by atoms with van der Waals surface area (Å²) < 4.78 is 0. The first-order valence-corrected chi connectivity index (χ1v) is 6.60. The Balaban J connectivity index is 1.75. The Bertz CT molecular complexity index is 320. The molecule has 0 unspecified atom stereocenters. The molecule has 1 aromatic heterocycles. The molecule has 84 valence electrons. The van der Waals surface area contributed by atoms with Crippen molar-refractivity contribution in [3.05, 3.63) is 21.3 Å². The Morgan fingerprint density at radius 1 is 1.47 bits per heavy atom. The minimum absolute atomic E-state index is 0.457. The van der Waals surface area contributed by atoms with E-state index in [2.05, 4.69) is 5.32 Å². The predicted molar refractivity (Wildman–Crippen MR) is 64.5 cm³/mol. The molecule has 2 nitrogen and oxygen atoms in total. The number of nitrogens with one attached hydrogen (secondary N) is 1. The number of aliphatic hydroxyl groups is 1. The molecule has 0 spiro atoms. The second-order valence-electron chi connectivity index (χ2n) is 4.27. The van der Waals surface area contributed by atoms with Crippen LogP contribution in [0.15, 0.2) is 11.4 Å². The highest BCUT2D eigenvalue weighted by molar-refractivity contribution is 7.10. The second kappa shape index (κ2) is 4.83. The van der Waals surface area contributed by atoms with Crippen LogP contribution in [0.4, 0.5) is 0 Å². The molecule has 0 radical (unpaired) electrons. The third kappa shape index (κ3) is 3.18. The van der Waals surface area contributed by atoms with Crippen LogP contribution in [0, 0.1) is 0 Å². The van der Waals surface area contributed by atoms with Crippen molar-refractivity contribution in [2.24, 2.45) is 0 Å². The smallest absolute Gasteiger partial charge is 0.0771 e. The maximum Gasteiger partial charge on any atom is 0.0771 e. The second-order valence-corrected chi connectivity index (χ2v) is 5.70. The summed E-state index contributed by atoms with van der Waals surface area (Å²) >= 11 is 7.48. The lowest BCUT2D eigenvalue weighted by molar-refractivity contribution is 0.0475. The maximum absolute atomic E-state index is 10.1. The van der Waals surface area contributed by atoms with Crippen molar-refractivity contribution in [2.45, 2.75) is 37.8 Å². The first kappa shape index (κ1) is 11.4. The Morgan fingerprint density at radius 3 is 2.80 bits per heavy atom. The van der Waals surface area contributed by atoms with Crippen LogP contribution in [0.5, 0.6) is 0 Å². The standard InChI is InChI=1S/C11H16ClNOS/c12-9-5-10(15-7-9)6-13-8-11(14)3-1-2-4-11/h5,7,13-14H,1-4,6,8H2. The summed E-state index contributed by atoms with van der Waals surface area (Å²) in [5.41, 5.74) is -0.457.